The molecule has 0 saturated heterocycles. The van der Waals surface area contributed by atoms with Gasteiger partial charge in [-0.25, -0.2) is 23.4 Å². The molecule has 0 spiro atoms. The van der Waals surface area contributed by atoms with Crippen molar-refractivity contribution in [3.8, 4) is 33.5 Å². The minimum atomic E-state index is -0.754. The van der Waals surface area contributed by atoms with E-state index >= 15 is 0 Å². The standard InChI is InChI=1S/C21H15F2N5O2S/c1-10-8-30-16-6-11(19(24)29)2-4-13(16)17-18(10)31-21(27-17)20-25-9-26-28(20)15-5-3-12(22)7-14(15)23/h2-7,9-10H,8H2,1H3,(H2,24,29). The number of rotatable bonds is 3. The van der Waals surface area contributed by atoms with E-state index in [9.17, 15) is 13.6 Å². The Bertz CT molecular complexity index is 1330. The van der Waals surface area contributed by atoms with Crippen LogP contribution in [-0.4, -0.2) is 32.3 Å². The third kappa shape index (κ3) is 3.25. The van der Waals surface area contributed by atoms with Crippen molar-refractivity contribution in [1.82, 2.24) is 19.7 Å². The molecular formula is C21H15F2N5O2S. The van der Waals surface area contributed by atoms with E-state index in [0.29, 0.717) is 34.4 Å². The van der Waals surface area contributed by atoms with Gasteiger partial charge in [0.2, 0.25) is 5.91 Å². The van der Waals surface area contributed by atoms with Gasteiger partial charge in [0, 0.05) is 28.0 Å². The van der Waals surface area contributed by atoms with Crippen molar-refractivity contribution in [1.29, 1.82) is 0 Å². The van der Waals surface area contributed by atoms with E-state index in [-0.39, 0.29) is 11.6 Å². The number of amides is 1. The van der Waals surface area contributed by atoms with Crippen LogP contribution in [-0.2, 0) is 0 Å². The summed E-state index contributed by atoms with van der Waals surface area (Å²) in [5.41, 5.74) is 7.23. The van der Waals surface area contributed by atoms with Gasteiger partial charge in [-0.1, -0.05) is 6.92 Å². The normalized spacial score (nSPS) is 15.0. The lowest BCUT2D eigenvalue weighted by Gasteiger charge is -2.10. The van der Waals surface area contributed by atoms with Gasteiger partial charge in [-0.15, -0.1) is 11.3 Å². The van der Waals surface area contributed by atoms with Crippen LogP contribution in [0, 0.1) is 11.6 Å². The van der Waals surface area contributed by atoms with E-state index in [1.54, 1.807) is 18.2 Å². The molecule has 10 heteroatoms. The molecule has 31 heavy (non-hydrogen) atoms. The second-order valence-electron chi connectivity index (χ2n) is 7.11. The van der Waals surface area contributed by atoms with E-state index in [0.717, 1.165) is 22.6 Å². The fraction of sp³-hybridized carbons (Fsp3) is 0.143. The van der Waals surface area contributed by atoms with E-state index in [2.05, 4.69) is 10.1 Å². The molecule has 156 valence electrons. The molecule has 2 aromatic carbocycles. The molecule has 2 N–H and O–H groups in total. The van der Waals surface area contributed by atoms with Crippen LogP contribution < -0.4 is 10.5 Å². The second-order valence-corrected chi connectivity index (χ2v) is 8.14. The number of fused-ring (bicyclic) bond motifs is 3. The van der Waals surface area contributed by atoms with E-state index in [1.165, 1.54) is 28.4 Å². The number of primary amides is 1. The zero-order valence-corrected chi connectivity index (χ0v) is 17.0. The Morgan fingerprint density at radius 3 is 2.87 bits per heavy atom. The second kappa shape index (κ2) is 7.24. The van der Waals surface area contributed by atoms with Gasteiger partial charge in [-0.3, -0.25) is 4.79 Å². The number of hydrogen-bond donors (Lipinski definition) is 1. The lowest BCUT2D eigenvalue weighted by Crippen LogP contribution is -2.11. The molecule has 4 aromatic rings. The van der Waals surface area contributed by atoms with E-state index in [4.69, 9.17) is 15.5 Å². The van der Waals surface area contributed by atoms with Gasteiger partial charge in [-0.05, 0) is 30.3 Å². The first-order valence-electron chi connectivity index (χ1n) is 9.36. The van der Waals surface area contributed by atoms with Gasteiger partial charge in [0.15, 0.2) is 16.6 Å². The number of thiazole rings is 1. The van der Waals surface area contributed by atoms with Crippen molar-refractivity contribution < 1.29 is 18.3 Å². The van der Waals surface area contributed by atoms with Crippen molar-refractivity contribution >= 4 is 17.2 Å². The molecular weight excluding hydrogens is 424 g/mol. The zero-order chi connectivity index (χ0) is 21.7. The Morgan fingerprint density at radius 1 is 1.26 bits per heavy atom. The predicted molar refractivity (Wildman–Crippen MR) is 110 cm³/mol. The molecule has 0 radical (unpaired) electrons. The number of nitrogens with two attached hydrogens (primary N) is 1. The van der Waals surface area contributed by atoms with Gasteiger partial charge in [0.1, 0.15) is 23.6 Å². The first kappa shape index (κ1) is 19.3. The number of benzene rings is 2. The highest BCUT2D eigenvalue weighted by Crippen LogP contribution is 2.44. The third-order valence-electron chi connectivity index (χ3n) is 4.99. The molecule has 1 amide bonds. The number of hydrogen-bond acceptors (Lipinski definition) is 6. The third-order valence-corrected chi connectivity index (χ3v) is 6.27. The fourth-order valence-corrected chi connectivity index (χ4v) is 4.55. The predicted octanol–water partition coefficient (Wildman–Crippen LogP) is 3.93. The minimum Gasteiger partial charge on any atom is -0.492 e. The Kier molecular flexibility index (Phi) is 4.51. The van der Waals surface area contributed by atoms with Crippen LogP contribution in [0.4, 0.5) is 8.78 Å². The van der Waals surface area contributed by atoms with Crippen molar-refractivity contribution in [2.45, 2.75) is 12.8 Å². The lowest BCUT2D eigenvalue weighted by atomic mass is 10.0. The van der Waals surface area contributed by atoms with Gasteiger partial charge in [0.05, 0.1) is 12.3 Å². The first-order chi connectivity index (χ1) is 14.9. The van der Waals surface area contributed by atoms with Gasteiger partial charge in [0.25, 0.3) is 0 Å². The SMILES string of the molecule is CC1COc2cc(C(N)=O)ccc2-c2nc(-c3ncnn3-c3ccc(F)cc3F)sc21. The van der Waals surface area contributed by atoms with Crippen molar-refractivity contribution in [2.24, 2.45) is 5.73 Å². The van der Waals surface area contributed by atoms with E-state index < -0.39 is 17.5 Å². The summed E-state index contributed by atoms with van der Waals surface area (Å²) in [6.07, 6.45) is 1.30. The monoisotopic (exact) mass is 439 g/mol. The maximum atomic E-state index is 14.4. The van der Waals surface area contributed by atoms with Gasteiger partial charge in [-0.2, -0.15) is 5.10 Å². The number of carbonyl (C=O) groups excluding carboxylic acids is 1. The topological polar surface area (TPSA) is 95.9 Å². The number of halogens is 2. The average Bonchev–Trinajstić information content (AvgIpc) is 3.36. The molecule has 5 rings (SSSR count). The van der Waals surface area contributed by atoms with Crippen LogP contribution in [0.15, 0.2) is 42.7 Å². The molecule has 1 unspecified atom stereocenters. The van der Waals surface area contributed by atoms with Crippen molar-refractivity contribution in [3.05, 3.63) is 64.8 Å². The summed E-state index contributed by atoms with van der Waals surface area (Å²) in [4.78, 5) is 21.5. The van der Waals surface area contributed by atoms with Crippen molar-refractivity contribution in [2.75, 3.05) is 6.61 Å². The van der Waals surface area contributed by atoms with Crippen LogP contribution >= 0.6 is 11.3 Å². The molecule has 0 bridgehead atoms. The molecule has 1 aliphatic heterocycles. The Hall–Kier alpha value is -3.66. The summed E-state index contributed by atoms with van der Waals surface area (Å²) in [5.74, 6) is -1.10. The van der Waals surface area contributed by atoms with E-state index in [1.807, 2.05) is 6.92 Å². The number of carbonyl (C=O) groups is 1. The molecule has 0 saturated carbocycles. The molecule has 3 heterocycles. The van der Waals surface area contributed by atoms with Gasteiger partial charge < -0.3 is 10.5 Å². The zero-order valence-electron chi connectivity index (χ0n) is 16.2. The van der Waals surface area contributed by atoms with Crippen LogP contribution in [0.5, 0.6) is 5.75 Å². The maximum Gasteiger partial charge on any atom is 0.248 e. The largest absolute Gasteiger partial charge is 0.492 e. The first-order valence-corrected chi connectivity index (χ1v) is 10.2. The Morgan fingerprint density at radius 2 is 2.10 bits per heavy atom. The molecule has 1 atom stereocenters. The summed E-state index contributed by atoms with van der Waals surface area (Å²) in [7, 11) is 0. The summed E-state index contributed by atoms with van der Waals surface area (Å²) in [6.45, 7) is 2.40. The highest BCUT2D eigenvalue weighted by molar-refractivity contribution is 7.15. The van der Waals surface area contributed by atoms with Crippen LogP contribution in [0.1, 0.15) is 28.1 Å². The van der Waals surface area contributed by atoms with Gasteiger partial charge >= 0.3 is 0 Å². The Labute approximate surface area is 179 Å². The summed E-state index contributed by atoms with van der Waals surface area (Å²) >= 11 is 1.40. The average molecular weight is 439 g/mol. The quantitative estimate of drug-likeness (QED) is 0.522. The number of aromatic nitrogens is 4. The number of nitrogens with zero attached hydrogens (tertiary/aromatic N) is 4. The summed E-state index contributed by atoms with van der Waals surface area (Å²) in [5, 5.41) is 4.64. The summed E-state index contributed by atoms with van der Waals surface area (Å²) in [6, 6.07) is 8.24. The maximum absolute atomic E-state index is 14.4. The molecule has 1 aliphatic rings. The highest BCUT2D eigenvalue weighted by Gasteiger charge is 2.28. The minimum absolute atomic E-state index is 0.0182. The fourth-order valence-electron chi connectivity index (χ4n) is 3.45. The molecule has 2 aromatic heterocycles. The molecule has 7 nitrogen and oxygen atoms in total. The van der Waals surface area contributed by atoms with Crippen molar-refractivity contribution in [3.63, 3.8) is 0 Å². The van der Waals surface area contributed by atoms with Crippen LogP contribution in [0.25, 0.3) is 27.8 Å². The molecule has 0 fully saturated rings. The molecule has 0 aliphatic carbocycles. The summed E-state index contributed by atoms with van der Waals surface area (Å²) < 4.78 is 34.9. The smallest absolute Gasteiger partial charge is 0.248 e. The lowest BCUT2D eigenvalue weighted by molar-refractivity contribution is 0.1000. The number of ether oxygens (including phenoxy) is 1. The van der Waals surface area contributed by atoms with Crippen LogP contribution in [0.3, 0.4) is 0 Å². The highest BCUT2D eigenvalue weighted by atomic mass is 32.1. The van der Waals surface area contributed by atoms with Crippen LogP contribution in [0.2, 0.25) is 0 Å². The Balaban J connectivity index is 1.65.